The van der Waals surface area contributed by atoms with Crippen molar-refractivity contribution in [1.82, 2.24) is 4.90 Å². The molecule has 0 bridgehead atoms. The number of rotatable bonds is 3. The molecule has 1 N–H and O–H groups in total. The number of hydrogen-bond donors (Lipinski definition) is 1. The van der Waals surface area contributed by atoms with Crippen LogP contribution in [0.2, 0.25) is 0 Å². The van der Waals surface area contributed by atoms with Gasteiger partial charge in [0.05, 0.1) is 6.61 Å². The maximum Gasteiger partial charge on any atom is 0.246 e. The van der Waals surface area contributed by atoms with Gasteiger partial charge in [-0.25, -0.2) is 0 Å². The average Bonchev–Trinajstić information content (AvgIpc) is 3.00. The maximum absolute atomic E-state index is 12.2. The van der Waals surface area contributed by atoms with Crippen LogP contribution in [-0.4, -0.2) is 42.2 Å². The highest BCUT2D eigenvalue weighted by molar-refractivity contribution is 5.91. The predicted octanol–water partition coefficient (Wildman–Crippen LogP) is 1.87. The molecule has 21 heavy (non-hydrogen) atoms. The Morgan fingerprint density at radius 3 is 3.24 bits per heavy atom. The number of aliphatic hydroxyl groups is 1. The molecule has 112 valence electrons. The van der Waals surface area contributed by atoms with E-state index in [2.05, 4.69) is 6.07 Å². The average molecular weight is 287 g/mol. The molecule has 1 fully saturated rings. The predicted molar refractivity (Wildman–Crippen MR) is 81.1 cm³/mol. The molecule has 4 heteroatoms. The van der Waals surface area contributed by atoms with Gasteiger partial charge in [-0.15, -0.1) is 0 Å². The number of aliphatic hydroxyl groups excluding tert-OH is 1. The number of hydrogen-bond acceptors (Lipinski definition) is 3. The highest BCUT2D eigenvalue weighted by atomic mass is 16.5. The van der Waals surface area contributed by atoms with E-state index in [0.29, 0.717) is 6.54 Å². The van der Waals surface area contributed by atoms with Crippen LogP contribution >= 0.6 is 0 Å². The van der Waals surface area contributed by atoms with Gasteiger partial charge in [0.25, 0.3) is 0 Å². The fraction of sp³-hybridized carbons (Fsp3) is 0.471. The Balaban J connectivity index is 1.64. The molecule has 1 unspecified atom stereocenters. The number of fused-ring (bicyclic) bond motifs is 1. The maximum atomic E-state index is 12.2. The van der Waals surface area contributed by atoms with E-state index in [1.165, 1.54) is 5.56 Å². The zero-order valence-electron chi connectivity index (χ0n) is 12.1. The van der Waals surface area contributed by atoms with Crippen molar-refractivity contribution in [3.05, 3.63) is 35.4 Å². The number of likely N-dealkylation sites (tertiary alicyclic amines) is 1. The van der Waals surface area contributed by atoms with Gasteiger partial charge in [0.2, 0.25) is 5.91 Å². The Morgan fingerprint density at radius 2 is 2.38 bits per heavy atom. The number of carbonyl (C=O) groups is 1. The second-order valence-electron chi connectivity index (χ2n) is 5.77. The van der Waals surface area contributed by atoms with Crippen molar-refractivity contribution in [2.75, 3.05) is 26.3 Å². The van der Waals surface area contributed by atoms with Crippen LogP contribution in [0.5, 0.6) is 5.75 Å². The van der Waals surface area contributed by atoms with Crippen molar-refractivity contribution in [2.24, 2.45) is 5.92 Å². The van der Waals surface area contributed by atoms with Gasteiger partial charge >= 0.3 is 0 Å². The van der Waals surface area contributed by atoms with Crippen LogP contribution in [-0.2, 0) is 11.2 Å². The zero-order chi connectivity index (χ0) is 14.7. The van der Waals surface area contributed by atoms with Crippen LogP contribution in [0.1, 0.15) is 24.0 Å². The summed E-state index contributed by atoms with van der Waals surface area (Å²) in [6.45, 7) is 2.37. The molecule has 2 aliphatic rings. The van der Waals surface area contributed by atoms with E-state index in [-0.39, 0.29) is 18.4 Å². The van der Waals surface area contributed by atoms with Gasteiger partial charge in [0.1, 0.15) is 5.75 Å². The second-order valence-corrected chi connectivity index (χ2v) is 5.77. The summed E-state index contributed by atoms with van der Waals surface area (Å²) in [5, 5.41) is 9.22. The van der Waals surface area contributed by atoms with E-state index < -0.39 is 0 Å². The molecule has 0 spiro atoms. The molecule has 2 aliphatic heterocycles. The van der Waals surface area contributed by atoms with Crippen molar-refractivity contribution in [3.63, 3.8) is 0 Å². The van der Waals surface area contributed by atoms with Gasteiger partial charge in [-0.2, -0.15) is 0 Å². The lowest BCUT2D eigenvalue weighted by molar-refractivity contribution is -0.127. The van der Waals surface area contributed by atoms with Gasteiger partial charge < -0.3 is 14.7 Å². The summed E-state index contributed by atoms with van der Waals surface area (Å²) in [5.41, 5.74) is 2.24. The normalized spacial score (nSPS) is 21.4. The van der Waals surface area contributed by atoms with Crippen molar-refractivity contribution < 1.29 is 14.6 Å². The largest absolute Gasteiger partial charge is 0.493 e. The third kappa shape index (κ3) is 3.27. The number of piperidine rings is 1. The minimum atomic E-state index is 0.0323. The second kappa shape index (κ2) is 6.31. The van der Waals surface area contributed by atoms with Crippen LogP contribution < -0.4 is 4.74 Å². The lowest BCUT2D eigenvalue weighted by Crippen LogP contribution is -2.40. The summed E-state index contributed by atoms with van der Waals surface area (Å²) in [7, 11) is 0. The molecular formula is C17H21NO3. The lowest BCUT2D eigenvalue weighted by atomic mass is 9.99. The fourth-order valence-electron chi connectivity index (χ4n) is 3.00. The van der Waals surface area contributed by atoms with Crippen LogP contribution in [0.3, 0.4) is 0 Å². The van der Waals surface area contributed by atoms with E-state index in [4.69, 9.17) is 4.74 Å². The van der Waals surface area contributed by atoms with Crippen molar-refractivity contribution in [3.8, 4) is 5.75 Å². The molecule has 0 saturated carbocycles. The first kappa shape index (κ1) is 14.1. The third-order valence-corrected chi connectivity index (χ3v) is 4.22. The minimum absolute atomic E-state index is 0.0323. The van der Waals surface area contributed by atoms with Gasteiger partial charge in [-0.3, -0.25) is 4.79 Å². The molecule has 4 nitrogen and oxygen atoms in total. The highest BCUT2D eigenvalue weighted by Crippen LogP contribution is 2.26. The standard InChI is InChI=1S/C17H21NO3/c19-12-14-2-1-8-18(11-14)17(20)6-4-13-3-5-16-15(10-13)7-9-21-16/h3-6,10,14,19H,1-2,7-9,11-12H2/b6-4+. The topological polar surface area (TPSA) is 49.8 Å². The first-order chi connectivity index (χ1) is 10.3. The molecule has 3 rings (SSSR count). The van der Waals surface area contributed by atoms with Gasteiger partial charge in [0.15, 0.2) is 0 Å². The first-order valence-electron chi connectivity index (χ1n) is 7.60. The Hall–Kier alpha value is -1.81. The molecule has 1 amide bonds. The molecule has 1 aromatic carbocycles. The summed E-state index contributed by atoms with van der Waals surface area (Å²) in [6.07, 6.45) is 6.42. The Bertz CT molecular complexity index is 553. The summed E-state index contributed by atoms with van der Waals surface area (Å²) in [5.74, 6) is 1.22. The Kier molecular flexibility index (Phi) is 4.25. The number of benzene rings is 1. The highest BCUT2D eigenvalue weighted by Gasteiger charge is 2.21. The van der Waals surface area contributed by atoms with E-state index in [0.717, 1.165) is 43.7 Å². The molecule has 2 heterocycles. The van der Waals surface area contributed by atoms with Crippen LogP contribution in [0.25, 0.3) is 6.08 Å². The van der Waals surface area contributed by atoms with E-state index in [9.17, 15) is 9.90 Å². The summed E-state index contributed by atoms with van der Waals surface area (Å²) < 4.78 is 5.48. The fourth-order valence-corrected chi connectivity index (χ4v) is 3.00. The van der Waals surface area contributed by atoms with Gasteiger partial charge in [-0.1, -0.05) is 6.07 Å². The molecule has 1 aromatic rings. The molecule has 0 aromatic heterocycles. The monoisotopic (exact) mass is 287 g/mol. The SMILES string of the molecule is O=C(/C=C/c1ccc2c(c1)CCO2)N1CCCC(CO)C1. The van der Waals surface area contributed by atoms with Crippen LogP contribution in [0.4, 0.5) is 0 Å². The van der Waals surface area contributed by atoms with E-state index in [1.54, 1.807) is 6.08 Å². The molecule has 1 atom stereocenters. The van der Waals surface area contributed by atoms with E-state index in [1.807, 2.05) is 23.1 Å². The number of carbonyl (C=O) groups excluding carboxylic acids is 1. The van der Waals surface area contributed by atoms with Crippen molar-refractivity contribution in [1.29, 1.82) is 0 Å². The van der Waals surface area contributed by atoms with Crippen molar-refractivity contribution in [2.45, 2.75) is 19.3 Å². The number of amides is 1. The summed E-state index contributed by atoms with van der Waals surface area (Å²) in [4.78, 5) is 14.0. The van der Waals surface area contributed by atoms with Crippen LogP contribution in [0, 0.1) is 5.92 Å². The number of nitrogens with zero attached hydrogens (tertiary/aromatic N) is 1. The zero-order valence-corrected chi connectivity index (χ0v) is 12.1. The quantitative estimate of drug-likeness (QED) is 0.863. The van der Waals surface area contributed by atoms with Crippen molar-refractivity contribution >= 4 is 12.0 Å². The molecular weight excluding hydrogens is 266 g/mol. The first-order valence-corrected chi connectivity index (χ1v) is 7.60. The number of ether oxygens (including phenoxy) is 1. The van der Waals surface area contributed by atoms with Crippen LogP contribution in [0.15, 0.2) is 24.3 Å². The minimum Gasteiger partial charge on any atom is -0.493 e. The molecule has 1 saturated heterocycles. The smallest absolute Gasteiger partial charge is 0.246 e. The summed E-state index contributed by atoms with van der Waals surface area (Å²) >= 11 is 0. The summed E-state index contributed by atoms with van der Waals surface area (Å²) in [6, 6.07) is 6.02. The third-order valence-electron chi connectivity index (χ3n) is 4.22. The molecule has 0 aliphatic carbocycles. The Labute approximate surface area is 125 Å². The van der Waals surface area contributed by atoms with E-state index >= 15 is 0 Å². The van der Waals surface area contributed by atoms with Gasteiger partial charge in [0, 0.05) is 32.2 Å². The molecule has 0 radical (unpaired) electrons. The Morgan fingerprint density at radius 1 is 1.48 bits per heavy atom. The van der Waals surface area contributed by atoms with Gasteiger partial charge in [-0.05, 0) is 48.1 Å². The lowest BCUT2D eigenvalue weighted by Gasteiger charge is -2.31.